The Kier molecular flexibility index (Phi) is 4.58. The maximum atomic E-state index is 10.8. The van der Waals surface area contributed by atoms with E-state index in [0.29, 0.717) is 24.3 Å². The van der Waals surface area contributed by atoms with E-state index in [1.165, 1.54) is 19.3 Å². The van der Waals surface area contributed by atoms with Crippen LogP contribution in [-0.2, 0) is 4.79 Å². The number of nitrogens with one attached hydrogen (secondary N) is 1. The molecule has 0 radical (unpaired) electrons. The lowest BCUT2D eigenvalue weighted by Gasteiger charge is -2.37. The van der Waals surface area contributed by atoms with Crippen molar-refractivity contribution in [2.75, 3.05) is 0 Å². The van der Waals surface area contributed by atoms with Gasteiger partial charge in [0, 0.05) is 18.5 Å². The van der Waals surface area contributed by atoms with Gasteiger partial charge in [-0.05, 0) is 31.6 Å². The third-order valence-corrected chi connectivity index (χ3v) is 3.53. The van der Waals surface area contributed by atoms with Gasteiger partial charge in [-0.1, -0.05) is 20.3 Å². The van der Waals surface area contributed by atoms with Gasteiger partial charge in [-0.2, -0.15) is 0 Å². The molecule has 1 fully saturated rings. The summed E-state index contributed by atoms with van der Waals surface area (Å²) >= 11 is 0. The summed E-state index contributed by atoms with van der Waals surface area (Å²) in [6, 6.07) is 0.753. The van der Waals surface area contributed by atoms with Gasteiger partial charge in [0.2, 0.25) is 5.91 Å². The van der Waals surface area contributed by atoms with E-state index >= 15 is 0 Å². The highest BCUT2D eigenvalue weighted by atomic mass is 16.1. The highest BCUT2D eigenvalue weighted by molar-refractivity contribution is 5.74. The molecular weight excluding hydrogens is 188 g/mol. The van der Waals surface area contributed by atoms with E-state index in [4.69, 9.17) is 5.73 Å². The van der Waals surface area contributed by atoms with E-state index in [1.54, 1.807) is 0 Å². The zero-order valence-electron chi connectivity index (χ0n) is 10.1. The molecule has 15 heavy (non-hydrogen) atoms. The van der Waals surface area contributed by atoms with Gasteiger partial charge < -0.3 is 11.1 Å². The molecule has 0 spiro atoms. The average Bonchev–Trinajstić information content (AvgIpc) is 2.10. The predicted molar refractivity (Wildman–Crippen MR) is 62.4 cm³/mol. The van der Waals surface area contributed by atoms with Gasteiger partial charge in [-0.25, -0.2) is 0 Å². The third-order valence-electron chi connectivity index (χ3n) is 3.53. The van der Waals surface area contributed by atoms with Crippen LogP contribution in [0.15, 0.2) is 0 Å². The lowest BCUT2D eigenvalue weighted by atomic mass is 9.78. The normalized spacial score (nSPS) is 33.7. The summed E-state index contributed by atoms with van der Waals surface area (Å²) in [5.74, 6) is 1.21. The van der Waals surface area contributed by atoms with Crippen molar-refractivity contribution in [3.8, 4) is 0 Å². The maximum absolute atomic E-state index is 10.8. The van der Waals surface area contributed by atoms with Gasteiger partial charge in [-0.3, -0.25) is 4.79 Å². The fourth-order valence-electron chi connectivity index (χ4n) is 2.70. The molecule has 0 aromatic heterocycles. The summed E-state index contributed by atoms with van der Waals surface area (Å²) in [6.45, 7) is 6.63. The standard InChI is InChI=1S/C12H24N2O/c1-8-5-4-6-9(2)12(8)14-10(3)7-11(13)15/h8-10,12,14H,4-7H2,1-3H3,(H2,13,15). The van der Waals surface area contributed by atoms with Gasteiger partial charge in [0.25, 0.3) is 0 Å². The van der Waals surface area contributed by atoms with Crippen LogP contribution in [0.5, 0.6) is 0 Å². The highest BCUT2D eigenvalue weighted by Gasteiger charge is 2.28. The summed E-state index contributed by atoms with van der Waals surface area (Å²) < 4.78 is 0. The topological polar surface area (TPSA) is 55.1 Å². The summed E-state index contributed by atoms with van der Waals surface area (Å²) in [6.07, 6.45) is 4.37. The fraction of sp³-hybridized carbons (Fsp3) is 0.917. The highest BCUT2D eigenvalue weighted by Crippen LogP contribution is 2.29. The number of hydrogen-bond acceptors (Lipinski definition) is 2. The minimum atomic E-state index is -0.217. The Morgan fingerprint density at radius 3 is 2.40 bits per heavy atom. The van der Waals surface area contributed by atoms with Gasteiger partial charge in [0.05, 0.1) is 0 Å². The molecule has 0 heterocycles. The molecule has 1 amide bonds. The van der Waals surface area contributed by atoms with Crippen LogP contribution < -0.4 is 11.1 Å². The van der Waals surface area contributed by atoms with Crippen LogP contribution in [0.3, 0.4) is 0 Å². The quantitative estimate of drug-likeness (QED) is 0.744. The number of primary amides is 1. The summed E-state index contributed by atoms with van der Waals surface area (Å²) in [7, 11) is 0. The van der Waals surface area contributed by atoms with Crippen molar-refractivity contribution in [1.82, 2.24) is 5.32 Å². The molecule has 1 aliphatic rings. The number of carbonyl (C=O) groups excluding carboxylic acids is 1. The first-order valence-corrected chi connectivity index (χ1v) is 6.05. The molecule has 0 saturated heterocycles. The minimum Gasteiger partial charge on any atom is -0.370 e. The SMILES string of the molecule is CC(CC(N)=O)NC1C(C)CCCC1C. The van der Waals surface area contributed by atoms with Crippen molar-refractivity contribution in [1.29, 1.82) is 0 Å². The molecule has 0 aliphatic heterocycles. The Bertz CT molecular complexity index is 208. The molecule has 1 aliphatic carbocycles. The van der Waals surface area contributed by atoms with Crippen LogP contribution >= 0.6 is 0 Å². The maximum Gasteiger partial charge on any atom is 0.218 e. The number of amides is 1. The van der Waals surface area contributed by atoms with Crippen molar-refractivity contribution in [3.63, 3.8) is 0 Å². The first-order valence-electron chi connectivity index (χ1n) is 6.05. The van der Waals surface area contributed by atoms with Crippen molar-refractivity contribution >= 4 is 5.91 Å². The second-order valence-corrected chi connectivity index (χ2v) is 5.15. The second kappa shape index (κ2) is 5.50. The fourth-order valence-corrected chi connectivity index (χ4v) is 2.70. The van der Waals surface area contributed by atoms with Gasteiger partial charge >= 0.3 is 0 Å². The zero-order chi connectivity index (χ0) is 11.4. The van der Waals surface area contributed by atoms with Crippen LogP contribution in [0.4, 0.5) is 0 Å². The van der Waals surface area contributed by atoms with Gasteiger partial charge in [-0.15, -0.1) is 0 Å². The lowest BCUT2D eigenvalue weighted by Crippen LogP contribution is -2.47. The van der Waals surface area contributed by atoms with E-state index in [1.807, 2.05) is 6.92 Å². The monoisotopic (exact) mass is 212 g/mol. The Hall–Kier alpha value is -0.570. The average molecular weight is 212 g/mol. The molecule has 3 atom stereocenters. The Balaban J connectivity index is 2.43. The van der Waals surface area contributed by atoms with Crippen LogP contribution in [-0.4, -0.2) is 18.0 Å². The van der Waals surface area contributed by atoms with Crippen molar-refractivity contribution in [3.05, 3.63) is 0 Å². The molecule has 0 aromatic rings. The van der Waals surface area contributed by atoms with Gasteiger partial charge in [0.1, 0.15) is 0 Å². The molecule has 1 saturated carbocycles. The molecule has 0 bridgehead atoms. The molecule has 3 nitrogen and oxygen atoms in total. The van der Waals surface area contributed by atoms with Crippen molar-refractivity contribution in [2.24, 2.45) is 17.6 Å². The molecule has 3 N–H and O–H groups in total. The Labute approximate surface area is 92.8 Å². The molecule has 88 valence electrons. The van der Waals surface area contributed by atoms with E-state index in [2.05, 4.69) is 19.2 Å². The predicted octanol–water partition coefficient (Wildman–Crippen LogP) is 1.66. The lowest BCUT2D eigenvalue weighted by molar-refractivity contribution is -0.118. The summed E-state index contributed by atoms with van der Waals surface area (Å²) in [5, 5.41) is 3.55. The zero-order valence-corrected chi connectivity index (χ0v) is 10.1. The molecule has 1 rings (SSSR count). The molecule has 0 aromatic carbocycles. The van der Waals surface area contributed by atoms with Crippen molar-refractivity contribution < 1.29 is 4.79 Å². The molecule has 3 heteroatoms. The molecule has 3 unspecified atom stereocenters. The molecular formula is C12H24N2O. The van der Waals surface area contributed by atoms with E-state index in [9.17, 15) is 4.79 Å². The van der Waals surface area contributed by atoms with Crippen LogP contribution in [0.25, 0.3) is 0 Å². The third kappa shape index (κ3) is 3.82. The van der Waals surface area contributed by atoms with Crippen LogP contribution in [0.1, 0.15) is 46.5 Å². The number of rotatable bonds is 4. The minimum absolute atomic E-state index is 0.204. The second-order valence-electron chi connectivity index (χ2n) is 5.15. The largest absolute Gasteiger partial charge is 0.370 e. The number of nitrogens with two attached hydrogens (primary N) is 1. The Morgan fingerprint density at radius 1 is 1.40 bits per heavy atom. The first kappa shape index (κ1) is 12.5. The summed E-state index contributed by atoms with van der Waals surface area (Å²) in [4.78, 5) is 10.8. The van der Waals surface area contributed by atoms with E-state index < -0.39 is 0 Å². The summed E-state index contributed by atoms with van der Waals surface area (Å²) in [5.41, 5.74) is 5.19. The Morgan fingerprint density at radius 2 is 1.93 bits per heavy atom. The van der Waals surface area contributed by atoms with E-state index in [0.717, 1.165) is 0 Å². The van der Waals surface area contributed by atoms with Crippen LogP contribution in [0.2, 0.25) is 0 Å². The van der Waals surface area contributed by atoms with Crippen molar-refractivity contribution in [2.45, 2.75) is 58.5 Å². The van der Waals surface area contributed by atoms with E-state index in [-0.39, 0.29) is 11.9 Å². The number of carbonyl (C=O) groups is 1. The van der Waals surface area contributed by atoms with Crippen LogP contribution in [0, 0.1) is 11.8 Å². The number of hydrogen-bond donors (Lipinski definition) is 2. The van der Waals surface area contributed by atoms with Gasteiger partial charge in [0.15, 0.2) is 0 Å². The smallest absolute Gasteiger partial charge is 0.218 e. The first-order chi connectivity index (χ1) is 7.00.